The molecule has 1 aromatic heterocycles. The number of likely N-dealkylation sites (tertiary alicyclic amines) is 2. The molecule has 0 spiro atoms. The monoisotopic (exact) mass is 321 g/mol. The van der Waals surface area contributed by atoms with Gasteiger partial charge in [-0.3, -0.25) is 9.69 Å². The Balaban J connectivity index is 1.55. The highest BCUT2D eigenvalue weighted by Gasteiger charge is 2.29. The Labute approximate surface area is 137 Å². The third-order valence-electron chi connectivity index (χ3n) is 4.93. The Morgan fingerprint density at radius 1 is 1.23 bits per heavy atom. The minimum atomic E-state index is 0.0784. The summed E-state index contributed by atoms with van der Waals surface area (Å²) in [4.78, 5) is 21.1. The number of aromatic nitrogens is 1. The molecule has 2 aliphatic rings. The van der Waals surface area contributed by atoms with Crippen LogP contribution in [0, 0.1) is 5.92 Å². The van der Waals surface area contributed by atoms with Gasteiger partial charge in [0.25, 0.3) is 5.91 Å². The molecule has 0 N–H and O–H groups in total. The number of hydrogen-bond acceptors (Lipinski definition) is 3. The summed E-state index contributed by atoms with van der Waals surface area (Å²) in [6.07, 6.45) is 6.41. The molecule has 0 aromatic carbocycles. The molecule has 22 heavy (non-hydrogen) atoms. The van der Waals surface area contributed by atoms with E-state index in [2.05, 4.69) is 16.8 Å². The zero-order valence-corrected chi connectivity index (χ0v) is 13.9. The average Bonchev–Trinajstić information content (AvgIpc) is 2.55. The molecule has 3 heterocycles. The van der Waals surface area contributed by atoms with Gasteiger partial charge in [-0.05, 0) is 50.3 Å². The Bertz CT molecular complexity index is 511. The van der Waals surface area contributed by atoms with Crippen LogP contribution in [0.15, 0.2) is 18.3 Å². The lowest BCUT2D eigenvalue weighted by molar-refractivity contribution is 0.0541. The number of carbonyl (C=O) groups is 1. The second-order valence-electron chi connectivity index (χ2n) is 6.64. The topological polar surface area (TPSA) is 36.4 Å². The van der Waals surface area contributed by atoms with Gasteiger partial charge in [0.1, 0.15) is 5.15 Å². The van der Waals surface area contributed by atoms with E-state index in [1.54, 1.807) is 18.3 Å². The van der Waals surface area contributed by atoms with E-state index < -0.39 is 0 Å². The van der Waals surface area contributed by atoms with Crippen molar-refractivity contribution in [2.24, 2.45) is 5.92 Å². The summed E-state index contributed by atoms with van der Waals surface area (Å²) >= 11 is 5.78. The number of nitrogens with zero attached hydrogens (tertiary/aromatic N) is 3. The van der Waals surface area contributed by atoms with Crippen molar-refractivity contribution < 1.29 is 4.79 Å². The van der Waals surface area contributed by atoms with Crippen LogP contribution in [-0.2, 0) is 0 Å². The van der Waals surface area contributed by atoms with E-state index in [0.717, 1.165) is 31.8 Å². The number of piperidine rings is 2. The molecular weight excluding hydrogens is 298 g/mol. The van der Waals surface area contributed by atoms with Gasteiger partial charge in [-0.2, -0.15) is 0 Å². The fourth-order valence-corrected chi connectivity index (χ4v) is 3.79. The highest BCUT2D eigenvalue weighted by Crippen LogP contribution is 2.24. The molecular formula is C17H24ClN3O. The van der Waals surface area contributed by atoms with Crippen molar-refractivity contribution in [1.82, 2.24) is 14.8 Å². The van der Waals surface area contributed by atoms with E-state index in [-0.39, 0.29) is 5.91 Å². The SMILES string of the molecule is CC1CCCN(C2CCN(C(=O)c3ccc(Cl)nc3)CC2)C1. The van der Waals surface area contributed by atoms with Crippen LogP contribution in [0.1, 0.15) is 43.0 Å². The Hall–Kier alpha value is -1.13. The van der Waals surface area contributed by atoms with Crippen LogP contribution in [0.5, 0.6) is 0 Å². The standard InChI is InChI=1S/C17H24ClN3O/c1-13-3-2-8-21(12-13)15-6-9-20(10-7-15)17(22)14-4-5-16(18)19-11-14/h4-5,11,13,15H,2-3,6-10,12H2,1H3. The van der Waals surface area contributed by atoms with Gasteiger partial charge in [0, 0.05) is 31.9 Å². The first-order valence-electron chi connectivity index (χ1n) is 8.28. The average molecular weight is 322 g/mol. The van der Waals surface area contributed by atoms with Crippen molar-refractivity contribution in [3.8, 4) is 0 Å². The minimum absolute atomic E-state index is 0.0784. The Kier molecular flexibility index (Phi) is 4.99. The lowest BCUT2D eigenvalue weighted by Crippen LogP contribution is -2.49. The fraction of sp³-hybridized carbons (Fsp3) is 0.647. The normalized spacial score (nSPS) is 24.5. The molecule has 2 aliphatic heterocycles. The minimum Gasteiger partial charge on any atom is -0.338 e. The molecule has 120 valence electrons. The van der Waals surface area contributed by atoms with E-state index in [9.17, 15) is 4.79 Å². The number of rotatable bonds is 2. The van der Waals surface area contributed by atoms with Crippen molar-refractivity contribution in [3.63, 3.8) is 0 Å². The third-order valence-corrected chi connectivity index (χ3v) is 5.15. The van der Waals surface area contributed by atoms with Crippen LogP contribution in [0.3, 0.4) is 0 Å². The zero-order chi connectivity index (χ0) is 15.5. The zero-order valence-electron chi connectivity index (χ0n) is 13.2. The third kappa shape index (κ3) is 3.61. The highest BCUT2D eigenvalue weighted by atomic mass is 35.5. The number of carbonyl (C=O) groups excluding carboxylic acids is 1. The van der Waals surface area contributed by atoms with Crippen LogP contribution in [0.4, 0.5) is 0 Å². The first-order valence-corrected chi connectivity index (χ1v) is 8.66. The maximum Gasteiger partial charge on any atom is 0.255 e. The molecule has 0 bridgehead atoms. The first kappa shape index (κ1) is 15.8. The maximum atomic E-state index is 12.5. The highest BCUT2D eigenvalue weighted by molar-refractivity contribution is 6.29. The Morgan fingerprint density at radius 2 is 2.00 bits per heavy atom. The van der Waals surface area contributed by atoms with Crippen molar-refractivity contribution in [3.05, 3.63) is 29.0 Å². The van der Waals surface area contributed by atoms with Gasteiger partial charge in [-0.1, -0.05) is 18.5 Å². The molecule has 0 saturated carbocycles. The van der Waals surface area contributed by atoms with Crippen molar-refractivity contribution in [2.75, 3.05) is 26.2 Å². The molecule has 3 rings (SSSR count). The van der Waals surface area contributed by atoms with Crippen LogP contribution in [0.25, 0.3) is 0 Å². The summed E-state index contributed by atoms with van der Waals surface area (Å²) in [6.45, 7) is 6.48. The summed E-state index contributed by atoms with van der Waals surface area (Å²) in [5.74, 6) is 0.892. The van der Waals surface area contributed by atoms with Crippen LogP contribution < -0.4 is 0 Å². The number of hydrogen-bond donors (Lipinski definition) is 0. The lowest BCUT2D eigenvalue weighted by atomic mass is 9.95. The fourth-order valence-electron chi connectivity index (χ4n) is 3.68. The van der Waals surface area contributed by atoms with E-state index in [1.807, 2.05) is 4.90 Å². The first-order chi connectivity index (χ1) is 10.6. The van der Waals surface area contributed by atoms with E-state index >= 15 is 0 Å². The quantitative estimate of drug-likeness (QED) is 0.785. The van der Waals surface area contributed by atoms with Gasteiger partial charge in [0.15, 0.2) is 0 Å². The molecule has 5 heteroatoms. The molecule has 2 saturated heterocycles. The van der Waals surface area contributed by atoms with Gasteiger partial charge < -0.3 is 4.90 Å². The lowest BCUT2D eigenvalue weighted by Gasteiger charge is -2.41. The van der Waals surface area contributed by atoms with Gasteiger partial charge in [0.2, 0.25) is 0 Å². The number of pyridine rings is 1. The molecule has 1 atom stereocenters. The van der Waals surface area contributed by atoms with Crippen molar-refractivity contribution >= 4 is 17.5 Å². The molecule has 1 aromatic rings. The summed E-state index contributed by atoms with van der Waals surface area (Å²) in [5, 5.41) is 0.425. The van der Waals surface area contributed by atoms with Crippen LogP contribution in [-0.4, -0.2) is 52.9 Å². The summed E-state index contributed by atoms with van der Waals surface area (Å²) in [6, 6.07) is 4.09. The van der Waals surface area contributed by atoms with E-state index in [1.165, 1.54) is 25.9 Å². The molecule has 1 amide bonds. The summed E-state index contributed by atoms with van der Waals surface area (Å²) in [5.41, 5.74) is 0.634. The van der Waals surface area contributed by atoms with E-state index in [4.69, 9.17) is 11.6 Å². The van der Waals surface area contributed by atoms with Gasteiger partial charge >= 0.3 is 0 Å². The number of halogens is 1. The largest absolute Gasteiger partial charge is 0.338 e. The van der Waals surface area contributed by atoms with Gasteiger partial charge in [-0.25, -0.2) is 4.98 Å². The Morgan fingerprint density at radius 3 is 2.64 bits per heavy atom. The molecule has 2 fully saturated rings. The second kappa shape index (κ2) is 6.97. The maximum absolute atomic E-state index is 12.5. The summed E-state index contributed by atoms with van der Waals surface area (Å²) in [7, 11) is 0. The smallest absolute Gasteiger partial charge is 0.255 e. The van der Waals surface area contributed by atoms with E-state index in [0.29, 0.717) is 16.8 Å². The molecule has 1 unspecified atom stereocenters. The molecule has 4 nitrogen and oxygen atoms in total. The van der Waals surface area contributed by atoms with Crippen molar-refractivity contribution in [1.29, 1.82) is 0 Å². The van der Waals surface area contributed by atoms with Crippen LogP contribution >= 0.6 is 11.6 Å². The van der Waals surface area contributed by atoms with Crippen LogP contribution in [0.2, 0.25) is 5.15 Å². The number of amides is 1. The predicted octanol–water partition coefficient (Wildman–Crippen LogP) is 3.07. The van der Waals surface area contributed by atoms with Crippen molar-refractivity contribution in [2.45, 2.75) is 38.6 Å². The summed E-state index contributed by atoms with van der Waals surface area (Å²) < 4.78 is 0. The molecule has 0 radical (unpaired) electrons. The predicted molar refractivity (Wildman–Crippen MR) is 88.1 cm³/mol. The second-order valence-corrected chi connectivity index (χ2v) is 7.02. The molecule has 0 aliphatic carbocycles. The van der Waals surface area contributed by atoms with Gasteiger partial charge in [-0.15, -0.1) is 0 Å². The van der Waals surface area contributed by atoms with Gasteiger partial charge in [0.05, 0.1) is 5.56 Å².